The Bertz CT molecular complexity index is 1590. The van der Waals surface area contributed by atoms with Gasteiger partial charge in [0.05, 0.1) is 5.25 Å². The molecule has 0 bridgehead atoms. The lowest BCUT2D eigenvalue weighted by Crippen LogP contribution is -2.30. The molecule has 9 heteroatoms. The summed E-state index contributed by atoms with van der Waals surface area (Å²) < 4.78 is 0. The van der Waals surface area contributed by atoms with E-state index in [1.165, 1.54) is 11.8 Å². The highest BCUT2D eigenvalue weighted by Gasteiger charge is 2.20. The molecule has 4 aromatic carbocycles. The Morgan fingerprint density at radius 3 is 2.17 bits per heavy atom. The molecule has 0 saturated heterocycles. The summed E-state index contributed by atoms with van der Waals surface area (Å²) in [7, 11) is 0. The van der Waals surface area contributed by atoms with Crippen LogP contribution in [-0.4, -0.2) is 23.0 Å². The Labute approximate surface area is 259 Å². The Kier molecular flexibility index (Phi) is 10.8. The van der Waals surface area contributed by atoms with Crippen molar-refractivity contribution in [1.29, 1.82) is 0 Å². The fraction of sp³-hybridized carbons (Fsp3) is 0.121. The first kappa shape index (κ1) is 30.9. The average molecular weight is 619 g/mol. The van der Waals surface area contributed by atoms with Crippen LogP contribution in [0.25, 0.3) is 6.08 Å². The van der Waals surface area contributed by atoms with Crippen molar-refractivity contribution in [3.05, 3.63) is 129 Å². The van der Waals surface area contributed by atoms with Crippen LogP contribution in [0.3, 0.4) is 0 Å². The quantitative estimate of drug-likeness (QED) is 0.124. The van der Waals surface area contributed by atoms with Crippen molar-refractivity contribution in [1.82, 2.24) is 5.32 Å². The highest BCUT2D eigenvalue weighted by molar-refractivity contribution is 8.00. The molecule has 4 rings (SSSR count). The Morgan fingerprint density at radius 1 is 0.810 bits per heavy atom. The molecule has 3 amide bonds. The summed E-state index contributed by atoms with van der Waals surface area (Å²) in [6.45, 7) is 3.90. The molecule has 214 valence electrons. The Morgan fingerprint density at radius 2 is 1.50 bits per heavy atom. The second-order valence-corrected chi connectivity index (χ2v) is 11.6. The molecule has 0 aliphatic rings. The first-order valence-corrected chi connectivity index (χ1v) is 14.8. The molecule has 1 atom stereocenters. The van der Waals surface area contributed by atoms with Crippen LogP contribution in [0, 0.1) is 6.92 Å². The normalized spacial score (nSPS) is 11.9. The van der Waals surface area contributed by atoms with E-state index in [1.807, 2.05) is 50.2 Å². The number of aryl methyl sites for hydroxylation is 1. The van der Waals surface area contributed by atoms with Crippen molar-refractivity contribution >= 4 is 70.1 Å². The van der Waals surface area contributed by atoms with Crippen molar-refractivity contribution in [3.8, 4) is 0 Å². The zero-order valence-electron chi connectivity index (χ0n) is 23.0. The van der Waals surface area contributed by atoms with Crippen LogP contribution in [0.5, 0.6) is 0 Å². The molecular weight excluding hydrogens is 589 g/mol. The van der Waals surface area contributed by atoms with Gasteiger partial charge in [-0.05, 0) is 73.5 Å². The van der Waals surface area contributed by atoms with Gasteiger partial charge in [-0.15, -0.1) is 11.8 Å². The molecule has 0 radical (unpaired) electrons. The number of carbonyl (C=O) groups excluding carboxylic acids is 3. The molecule has 1 unspecified atom stereocenters. The molecule has 3 N–H and O–H groups in total. The van der Waals surface area contributed by atoms with Gasteiger partial charge in [-0.3, -0.25) is 14.4 Å². The molecule has 0 aliphatic heterocycles. The summed E-state index contributed by atoms with van der Waals surface area (Å²) in [5.74, 6) is -1.07. The molecular formula is C33H29Cl2N3O3S. The standard InChI is InChI=1S/C33H29Cl2N3O3S/c1-3-30(33(41)37-27-18-24(34)17-25(35)19-27)42-28-11-7-10-26(20-28)36-32(40)29(16-22-14-12-21(2)13-15-22)38-31(39)23-8-5-4-6-9-23/h4-20,30H,3H2,1-2H3,(H,36,40)(H,37,41)(H,38,39)/b29-16-. The summed E-state index contributed by atoms with van der Waals surface area (Å²) in [4.78, 5) is 40.1. The maximum Gasteiger partial charge on any atom is 0.272 e. The molecule has 0 fully saturated rings. The van der Waals surface area contributed by atoms with Gasteiger partial charge in [0.1, 0.15) is 5.70 Å². The minimum absolute atomic E-state index is 0.0942. The molecule has 6 nitrogen and oxygen atoms in total. The summed E-state index contributed by atoms with van der Waals surface area (Å²) in [5.41, 5.74) is 3.41. The van der Waals surface area contributed by atoms with Gasteiger partial charge in [0, 0.05) is 31.9 Å². The average Bonchev–Trinajstić information content (AvgIpc) is 2.96. The van der Waals surface area contributed by atoms with Crippen LogP contribution in [-0.2, 0) is 9.59 Å². The number of halogens is 2. The topological polar surface area (TPSA) is 87.3 Å². The first-order valence-electron chi connectivity index (χ1n) is 13.2. The third-order valence-electron chi connectivity index (χ3n) is 6.08. The number of benzene rings is 4. The first-order chi connectivity index (χ1) is 20.2. The van der Waals surface area contributed by atoms with Gasteiger partial charge in [-0.2, -0.15) is 0 Å². The number of carbonyl (C=O) groups is 3. The van der Waals surface area contributed by atoms with Gasteiger partial charge in [0.25, 0.3) is 11.8 Å². The largest absolute Gasteiger partial charge is 0.325 e. The van der Waals surface area contributed by atoms with Crippen molar-refractivity contribution in [2.24, 2.45) is 0 Å². The van der Waals surface area contributed by atoms with Crippen LogP contribution >= 0.6 is 35.0 Å². The van der Waals surface area contributed by atoms with Crippen LogP contribution in [0.4, 0.5) is 11.4 Å². The number of anilines is 2. The predicted octanol–water partition coefficient (Wildman–Crippen LogP) is 8.22. The number of hydrogen-bond donors (Lipinski definition) is 3. The summed E-state index contributed by atoms with van der Waals surface area (Å²) >= 11 is 13.5. The SMILES string of the molecule is CCC(Sc1cccc(NC(=O)/C(=C/c2ccc(C)cc2)NC(=O)c2ccccc2)c1)C(=O)Nc1cc(Cl)cc(Cl)c1. The lowest BCUT2D eigenvalue weighted by atomic mass is 10.1. The van der Waals surface area contributed by atoms with E-state index in [-0.39, 0.29) is 11.6 Å². The van der Waals surface area contributed by atoms with Crippen LogP contribution in [0.1, 0.15) is 34.8 Å². The highest BCUT2D eigenvalue weighted by Crippen LogP contribution is 2.30. The monoisotopic (exact) mass is 617 g/mol. The number of thioether (sulfide) groups is 1. The van der Waals surface area contributed by atoms with E-state index in [9.17, 15) is 14.4 Å². The van der Waals surface area contributed by atoms with Gasteiger partial charge in [-0.1, -0.05) is 84.2 Å². The van der Waals surface area contributed by atoms with Crippen LogP contribution in [0.15, 0.2) is 108 Å². The Hall–Kier alpha value is -4.04. The molecule has 0 spiro atoms. The van der Waals surface area contributed by atoms with Crippen molar-refractivity contribution in [2.45, 2.75) is 30.4 Å². The lowest BCUT2D eigenvalue weighted by molar-refractivity contribution is -0.116. The fourth-order valence-electron chi connectivity index (χ4n) is 3.95. The van der Waals surface area contributed by atoms with E-state index in [0.29, 0.717) is 33.4 Å². The summed E-state index contributed by atoms with van der Waals surface area (Å²) in [6, 6.07) is 28.4. The fourth-order valence-corrected chi connectivity index (χ4v) is 5.49. The molecule has 4 aromatic rings. The molecule has 0 heterocycles. The van der Waals surface area contributed by atoms with Gasteiger partial charge in [0.15, 0.2) is 0 Å². The lowest BCUT2D eigenvalue weighted by Gasteiger charge is -2.16. The zero-order valence-corrected chi connectivity index (χ0v) is 25.3. The van der Waals surface area contributed by atoms with E-state index in [4.69, 9.17) is 23.2 Å². The van der Waals surface area contributed by atoms with E-state index in [2.05, 4.69) is 16.0 Å². The highest BCUT2D eigenvalue weighted by atomic mass is 35.5. The van der Waals surface area contributed by atoms with E-state index in [1.54, 1.807) is 66.7 Å². The maximum atomic E-state index is 13.4. The predicted molar refractivity (Wildman–Crippen MR) is 173 cm³/mol. The number of nitrogens with one attached hydrogen (secondary N) is 3. The summed E-state index contributed by atoms with van der Waals surface area (Å²) in [5, 5.41) is 8.95. The maximum absolute atomic E-state index is 13.4. The van der Waals surface area contributed by atoms with E-state index >= 15 is 0 Å². The third-order valence-corrected chi connectivity index (χ3v) is 7.88. The number of amides is 3. The second-order valence-electron chi connectivity index (χ2n) is 9.43. The van der Waals surface area contributed by atoms with Crippen molar-refractivity contribution in [2.75, 3.05) is 10.6 Å². The van der Waals surface area contributed by atoms with Crippen molar-refractivity contribution < 1.29 is 14.4 Å². The number of rotatable bonds is 10. The van der Waals surface area contributed by atoms with Crippen molar-refractivity contribution in [3.63, 3.8) is 0 Å². The van der Waals surface area contributed by atoms with Gasteiger partial charge in [0.2, 0.25) is 5.91 Å². The second kappa shape index (κ2) is 14.7. The minimum Gasteiger partial charge on any atom is -0.325 e. The van der Waals surface area contributed by atoms with Crippen LogP contribution < -0.4 is 16.0 Å². The molecule has 0 saturated carbocycles. The van der Waals surface area contributed by atoms with Gasteiger partial charge >= 0.3 is 0 Å². The van der Waals surface area contributed by atoms with E-state index in [0.717, 1.165) is 16.0 Å². The zero-order chi connectivity index (χ0) is 30.1. The van der Waals surface area contributed by atoms with E-state index < -0.39 is 17.1 Å². The van der Waals surface area contributed by atoms with Gasteiger partial charge in [-0.25, -0.2) is 0 Å². The van der Waals surface area contributed by atoms with Gasteiger partial charge < -0.3 is 16.0 Å². The summed E-state index contributed by atoms with van der Waals surface area (Å²) in [6.07, 6.45) is 2.20. The number of hydrogen-bond acceptors (Lipinski definition) is 4. The third kappa shape index (κ3) is 8.98. The molecule has 42 heavy (non-hydrogen) atoms. The smallest absolute Gasteiger partial charge is 0.272 e. The molecule has 0 aliphatic carbocycles. The van der Waals surface area contributed by atoms with Crippen LogP contribution in [0.2, 0.25) is 10.0 Å². The molecule has 0 aromatic heterocycles. The Balaban J connectivity index is 1.50. The minimum atomic E-state index is -0.482.